The third-order valence-corrected chi connectivity index (χ3v) is 3.21. The van der Waals surface area contributed by atoms with E-state index in [1.807, 2.05) is 31.6 Å². The van der Waals surface area contributed by atoms with E-state index in [0.29, 0.717) is 6.54 Å². The number of hydrogen-bond donors (Lipinski definition) is 1. The van der Waals surface area contributed by atoms with Crippen LogP contribution >= 0.6 is 0 Å². The van der Waals surface area contributed by atoms with Gasteiger partial charge >= 0.3 is 0 Å². The van der Waals surface area contributed by atoms with Crippen molar-refractivity contribution in [2.24, 2.45) is 7.05 Å². The lowest BCUT2D eigenvalue weighted by Gasteiger charge is -2.07. The molecule has 0 amide bonds. The maximum atomic E-state index is 13.2. The second-order valence-electron chi connectivity index (χ2n) is 4.43. The molecular weight excluding hydrogens is 243 g/mol. The molecule has 4 nitrogen and oxygen atoms in total. The Balaban J connectivity index is 2.17. The molecule has 0 aliphatic carbocycles. The molecule has 0 unspecified atom stereocenters. The van der Waals surface area contributed by atoms with E-state index in [-0.39, 0.29) is 5.56 Å². The van der Waals surface area contributed by atoms with Crippen LogP contribution in [0.1, 0.15) is 22.5 Å². The highest BCUT2D eigenvalue weighted by Gasteiger charge is 2.09. The first-order chi connectivity index (χ1) is 9.02. The first-order valence-electron chi connectivity index (χ1n) is 5.95. The molecule has 0 atom stereocenters. The lowest BCUT2D eigenvalue weighted by atomic mass is 10.1. The third kappa shape index (κ3) is 2.58. The maximum Gasteiger partial charge on any atom is 0.141 e. The molecule has 5 heteroatoms. The van der Waals surface area contributed by atoms with Crippen molar-refractivity contribution < 1.29 is 4.39 Å². The zero-order chi connectivity index (χ0) is 14.0. The molecule has 2 rings (SSSR count). The van der Waals surface area contributed by atoms with Gasteiger partial charge in [0.15, 0.2) is 0 Å². The fourth-order valence-electron chi connectivity index (χ4n) is 1.98. The predicted octanol–water partition coefficient (Wildman–Crippen LogP) is 2.66. The molecule has 0 fully saturated rings. The monoisotopic (exact) mass is 258 g/mol. The van der Waals surface area contributed by atoms with E-state index in [9.17, 15) is 4.39 Å². The number of aryl methyl sites for hydroxylation is 2. The van der Waals surface area contributed by atoms with E-state index in [4.69, 9.17) is 5.26 Å². The minimum absolute atomic E-state index is 0.0460. The Bertz CT molecular complexity index is 652. The second-order valence-corrected chi connectivity index (χ2v) is 4.43. The Morgan fingerprint density at radius 3 is 2.74 bits per heavy atom. The molecule has 1 N–H and O–H groups in total. The van der Waals surface area contributed by atoms with Gasteiger partial charge in [0.1, 0.15) is 11.9 Å². The fourth-order valence-corrected chi connectivity index (χ4v) is 1.98. The average Bonchev–Trinajstić information content (AvgIpc) is 2.63. The molecule has 1 aromatic heterocycles. The molecule has 0 saturated carbocycles. The molecule has 0 aliphatic rings. The Morgan fingerprint density at radius 1 is 1.42 bits per heavy atom. The molecule has 19 heavy (non-hydrogen) atoms. The van der Waals surface area contributed by atoms with Gasteiger partial charge < -0.3 is 5.32 Å². The van der Waals surface area contributed by atoms with Gasteiger partial charge in [-0.1, -0.05) is 0 Å². The smallest absolute Gasteiger partial charge is 0.141 e. The van der Waals surface area contributed by atoms with Gasteiger partial charge in [-0.15, -0.1) is 0 Å². The van der Waals surface area contributed by atoms with Crippen LogP contribution in [-0.4, -0.2) is 9.78 Å². The highest BCUT2D eigenvalue weighted by atomic mass is 19.1. The summed E-state index contributed by atoms with van der Waals surface area (Å²) in [6.45, 7) is 4.56. The molecule has 0 radical (unpaired) electrons. The Kier molecular flexibility index (Phi) is 3.52. The van der Waals surface area contributed by atoms with Crippen molar-refractivity contribution in [2.75, 3.05) is 5.32 Å². The minimum Gasteiger partial charge on any atom is -0.381 e. The van der Waals surface area contributed by atoms with Gasteiger partial charge in [-0.05, 0) is 32.0 Å². The van der Waals surface area contributed by atoms with E-state index >= 15 is 0 Å². The summed E-state index contributed by atoms with van der Waals surface area (Å²) in [5.41, 5.74) is 3.94. The number of hydrogen-bond acceptors (Lipinski definition) is 3. The summed E-state index contributed by atoms with van der Waals surface area (Å²) in [7, 11) is 1.90. The minimum atomic E-state index is -0.498. The Morgan fingerprint density at radius 2 is 2.16 bits per heavy atom. The van der Waals surface area contributed by atoms with Gasteiger partial charge in [0, 0.05) is 30.5 Å². The number of halogens is 1. The van der Waals surface area contributed by atoms with Crippen molar-refractivity contribution in [1.29, 1.82) is 5.26 Å². The van der Waals surface area contributed by atoms with E-state index in [1.165, 1.54) is 12.1 Å². The lowest BCUT2D eigenvalue weighted by molar-refractivity contribution is 0.624. The van der Waals surface area contributed by atoms with Gasteiger partial charge in [0.05, 0.1) is 11.3 Å². The van der Waals surface area contributed by atoms with Crippen LogP contribution in [-0.2, 0) is 13.6 Å². The molecular formula is C14H15FN4. The Labute approximate surface area is 111 Å². The summed E-state index contributed by atoms with van der Waals surface area (Å²) in [4.78, 5) is 0. The third-order valence-electron chi connectivity index (χ3n) is 3.21. The predicted molar refractivity (Wildman–Crippen MR) is 71.1 cm³/mol. The van der Waals surface area contributed by atoms with Crippen LogP contribution in [0.15, 0.2) is 18.2 Å². The summed E-state index contributed by atoms with van der Waals surface area (Å²) in [5.74, 6) is -0.498. The summed E-state index contributed by atoms with van der Waals surface area (Å²) in [6, 6.07) is 6.26. The van der Waals surface area contributed by atoms with Crippen molar-refractivity contribution in [2.45, 2.75) is 20.4 Å². The highest BCUT2D eigenvalue weighted by Crippen LogP contribution is 2.17. The summed E-state index contributed by atoms with van der Waals surface area (Å²) < 4.78 is 15.0. The summed E-state index contributed by atoms with van der Waals surface area (Å²) >= 11 is 0. The molecule has 2 aromatic rings. The van der Waals surface area contributed by atoms with E-state index in [1.54, 1.807) is 6.07 Å². The van der Waals surface area contributed by atoms with Crippen molar-refractivity contribution in [3.05, 3.63) is 46.5 Å². The number of benzene rings is 1. The van der Waals surface area contributed by atoms with Crippen molar-refractivity contribution >= 4 is 5.69 Å². The topological polar surface area (TPSA) is 53.6 Å². The number of aromatic nitrogens is 2. The van der Waals surface area contributed by atoms with Gasteiger partial charge in [-0.2, -0.15) is 10.4 Å². The molecule has 1 heterocycles. The SMILES string of the molecule is Cc1nn(C)c(C)c1CNc1ccc(F)c(C#N)c1. The lowest BCUT2D eigenvalue weighted by Crippen LogP contribution is -2.03. The van der Waals surface area contributed by atoms with Crippen LogP contribution < -0.4 is 5.32 Å². The number of rotatable bonds is 3. The van der Waals surface area contributed by atoms with E-state index in [0.717, 1.165) is 22.6 Å². The van der Waals surface area contributed by atoms with Crippen LogP contribution in [0.2, 0.25) is 0 Å². The van der Waals surface area contributed by atoms with E-state index < -0.39 is 5.82 Å². The summed E-state index contributed by atoms with van der Waals surface area (Å²) in [5, 5.41) is 16.3. The first kappa shape index (κ1) is 13.1. The van der Waals surface area contributed by atoms with E-state index in [2.05, 4.69) is 10.4 Å². The first-order valence-corrected chi connectivity index (χ1v) is 5.95. The average molecular weight is 258 g/mol. The number of nitriles is 1. The fraction of sp³-hybridized carbons (Fsp3) is 0.286. The zero-order valence-corrected chi connectivity index (χ0v) is 11.2. The largest absolute Gasteiger partial charge is 0.381 e. The second kappa shape index (κ2) is 5.11. The van der Waals surface area contributed by atoms with Gasteiger partial charge in [0.25, 0.3) is 0 Å². The van der Waals surface area contributed by atoms with Gasteiger partial charge in [-0.25, -0.2) is 4.39 Å². The van der Waals surface area contributed by atoms with Crippen LogP contribution in [0.4, 0.5) is 10.1 Å². The number of nitrogens with one attached hydrogen (secondary N) is 1. The molecule has 98 valence electrons. The molecule has 0 bridgehead atoms. The van der Waals surface area contributed by atoms with Crippen LogP contribution in [0.3, 0.4) is 0 Å². The zero-order valence-electron chi connectivity index (χ0n) is 11.2. The maximum absolute atomic E-state index is 13.2. The van der Waals surface area contributed by atoms with Gasteiger partial charge in [-0.3, -0.25) is 4.68 Å². The van der Waals surface area contributed by atoms with Crippen LogP contribution in [0.5, 0.6) is 0 Å². The number of nitrogens with zero attached hydrogens (tertiary/aromatic N) is 3. The van der Waals surface area contributed by atoms with Crippen molar-refractivity contribution in [3.63, 3.8) is 0 Å². The highest BCUT2D eigenvalue weighted by molar-refractivity contribution is 5.50. The normalized spacial score (nSPS) is 10.3. The number of anilines is 1. The standard InChI is InChI=1S/C14H15FN4/c1-9-13(10(2)19(3)18-9)8-17-12-4-5-14(15)11(6-12)7-16/h4-6,17H,8H2,1-3H3. The molecule has 0 aliphatic heterocycles. The van der Waals surface area contributed by atoms with Crippen LogP contribution in [0, 0.1) is 31.0 Å². The Hall–Kier alpha value is -2.35. The van der Waals surface area contributed by atoms with Gasteiger partial charge in [0.2, 0.25) is 0 Å². The molecule has 0 saturated heterocycles. The van der Waals surface area contributed by atoms with Crippen molar-refractivity contribution in [1.82, 2.24) is 9.78 Å². The summed E-state index contributed by atoms with van der Waals surface area (Å²) in [6.07, 6.45) is 0. The molecule has 1 aromatic carbocycles. The van der Waals surface area contributed by atoms with Crippen LogP contribution in [0.25, 0.3) is 0 Å². The van der Waals surface area contributed by atoms with Crippen molar-refractivity contribution in [3.8, 4) is 6.07 Å². The molecule has 0 spiro atoms. The quantitative estimate of drug-likeness (QED) is 0.920.